The maximum Gasteiger partial charge on any atom is 0.355 e. The highest BCUT2D eigenvalue weighted by atomic mass is 32.1. The number of carbonyl (C=O) groups is 3. The monoisotopic (exact) mass is 478 g/mol. The van der Waals surface area contributed by atoms with Crippen LogP contribution in [0.15, 0.2) is 15.2 Å². The first-order valence-electron chi connectivity index (χ1n) is 9.55. The van der Waals surface area contributed by atoms with Crippen LogP contribution in [0.1, 0.15) is 92.0 Å². The molecule has 170 valence electrons. The van der Waals surface area contributed by atoms with Crippen LogP contribution < -0.4 is 16.4 Å². The van der Waals surface area contributed by atoms with Crippen molar-refractivity contribution in [2.45, 2.75) is 45.8 Å². The first kappa shape index (κ1) is 23.5. The molecule has 0 fully saturated rings. The predicted octanol–water partition coefficient (Wildman–Crippen LogP) is 2.60. The molecule has 32 heavy (non-hydrogen) atoms. The zero-order valence-electron chi connectivity index (χ0n) is 17.7. The molecule has 2 amide bonds. The Hall–Kier alpha value is -3.16. The standard InChI is InChI=1S/C19H22N6O5S2/c1-7(20)16-25-13(10(4)30-16)15(27)22-9(3)17-23-11(5-31-17)14(26)21-8(2)18-24-12(6-32-18)19(28)29/h5-9H,20H2,1-4H3,(H,21,26)(H,22,27)(H,28,29)/t7-,8+,9-/m0/s1. The Bertz CT molecular complexity index is 1150. The summed E-state index contributed by atoms with van der Waals surface area (Å²) in [4.78, 5) is 48.5. The molecule has 3 aromatic heterocycles. The molecule has 0 bridgehead atoms. The summed E-state index contributed by atoms with van der Waals surface area (Å²) in [5, 5.41) is 18.5. The van der Waals surface area contributed by atoms with E-state index >= 15 is 0 Å². The molecule has 0 saturated heterocycles. The number of carbonyl (C=O) groups excluding carboxylic acids is 2. The number of carboxylic acid groups (broad SMARTS) is 1. The number of rotatable bonds is 8. The Kier molecular flexibility index (Phi) is 7.01. The van der Waals surface area contributed by atoms with Gasteiger partial charge in [0.2, 0.25) is 5.89 Å². The van der Waals surface area contributed by atoms with Crippen LogP contribution >= 0.6 is 22.7 Å². The molecule has 3 rings (SSSR count). The van der Waals surface area contributed by atoms with E-state index in [4.69, 9.17) is 15.3 Å². The van der Waals surface area contributed by atoms with Gasteiger partial charge in [0.15, 0.2) is 11.4 Å². The van der Waals surface area contributed by atoms with Gasteiger partial charge in [-0.1, -0.05) is 0 Å². The summed E-state index contributed by atoms with van der Waals surface area (Å²) in [6.45, 7) is 6.78. The summed E-state index contributed by atoms with van der Waals surface area (Å²) in [5.41, 5.74) is 6.01. The van der Waals surface area contributed by atoms with E-state index in [9.17, 15) is 14.4 Å². The van der Waals surface area contributed by atoms with Gasteiger partial charge in [0, 0.05) is 10.8 Å². The lowest BCUT2D eigenvalue weighted by molar-refractivity contribution is 0.0690. The predicted molar refractivity (Wildman–Crippen MR) is 117 cm³/mol. The fourth-order valence-corrected chi connectivity index (χ4v) is 4.26. The molecule has 0 saturated carbocycles. The van der Waals surface area contributed by atoms with Gasteiger partial charge in [-0.3, -0.25) is 9.59 Å². The van der Waals surface area contributed by atoms with Gasteiger partial charge in [-0.15, -0.1) is 22.7 Å². The van der Waals surface area contributed by atoms with Gasteiger partial charge >= 0.3 is 5.97 Å². The number of hydrogen-bond donors (Lipinski definition) is 4. The molecule has 0 aliphatic rings. The van der Waals surface area contributed by atoms with Crippen LogP contribution in [0.25, 0.3) is 0 Å². The quantitative estimate of drug-likeness (QED) is 0.379. The highest BCUT2D eigenvalue weighted by molar-refractivity contribution is 7.10. The normalized spacial score (nSPS) is 13.9. The van der Waals surface area contributed by atoms with E-state index in [-0.39, 0.29) is 23.0 Å². The van der Waals surface area contributed by atoms with Crippen LogP contribution in [-0.2, 0) is 0 Å². The summed E-state index contributed by atoms with van der Waals surface area (Å²) < 4.78 is 5.41. The average molecular weight is 479 g/mol. The number of nitrogens with two attached hydrogens (primary N) is 1. The molecule has 3 heterocycles. The van der Waals surface area contributed by atoms with Gasteiger partial charge in [-0.2, -0.15) is 0 Å². The number of nitrogens with zero attached hydrogens (tertiary/aromatic N) is 3. The summed E-state index contributed by atoms with van der Waals surface area (Å²) in [5.74, 6) is -1.35. The van der Waals surface area contributed by atoms with Crippen molar-refractivity contribution < 1.29 is 23.9 Å². The minimum atomic E-state index is -1.12. The van der Waals surface area contributed by atoms with E-state index in [1.54, 1.807) is 33.1 Å². The number of nitrogens with one attached hydrogen (secondary N) is 2. The lowest BCUT2D eigenvalue weighted by Gasteiger charge is -2.11. The number of thiazole rings is 2. The number of hydrogen-bond acceptors (Lipinski definition) is 10. The van der Waals surface area contributed by atoms with E-state index in [0.717, 1.165) is 11.3 Å². The Morgan fingerprint density at radius 1 is 0.969 bits per heavy atom. The Labute approximate surface area is 191 Å². The van der Waals surface area contributed by atoms with Crippen LogP contribution in [0.2, 0.25) is 0 Å². The van der Waals surface area contributed by atoms with E-state index in [1.165, 1.54) is 16.7 Å². The van der Waals surface area contributed by atoms with Gasteiger partial charge < -0.3 is 25.9 Å². The molecule has 3 atom stereocenters. The van der Waals surface area contributed by atoms with Crippen molar-refractivity contribution in [2.75, 3.05) is 0 Å². The van der Waals surface area contributed by atoms with Crippen molar-refractivity contribution in [3.8, 4) is 0 Å². The van der Waals surface area contributed by atoms with Crippen molar-refractivity contribution in [2.24, 2.45) is 5.73 Å². The van der Waals surface area contributed by atoms with Crippen molar-refractivity contribution in [1.82, 2.24) is 25.6 Å². The molecule has 5 N–H and O–H groups in total. The zero-order valence-corrected chi connectivity index (χ0v) is 19.3. The minimum Gasteiger partial charge on any atom is -0.476 e. The summed E-state index contributed by atoms with van der Waals surface area (Å²) >= 11 is 2.38. The van der Waals surface area contributed by atoms with Crippen molar-refractivity contribution in [3.05, 3.63) is 49.5 Å². The molecule has 0 unspecified atom stereocenters. The summed E-state index contributed by atoms with van der Waals surface area (Å²) in [7, 11) is 0. The summed E-state index contributed by atoms with van der Waals surface area (Å²) in [6, 6.07) is -1.40. The van der Waals surface area contributed by atoms with Crippen LogP contribution in [-0.4, -0.2) is 37.8 Å². The number of aromatic carboxylic acids is 1. The largest absolute Gasteiger partial charge is 0.476 e. The number of carboxylic acids is 1. The maximum atomic E-state index is 12.6. The van der Waals surface area contributed by atoms with Crippen LogP contribution in [0.5, 0.6) is 0 Å². The second-order valence-electron chi connectivity index (χ2n) is 7.08. The average Bonchev–Trinajstić information content (AvgIpc) is 3.46. The van der Waals surface area contributed by atoms with Gasteiger partial charge in [0.25, 0.3) is 11.8 Å². The molecule has 0 radical (unpaired) electrons. The van der Waals surface area contributed by atoms with E-state index < -0.39 is 35.9 Å². The number of amides is 2. The topological polar surface area (TPSA) is 173 Å². The molecule has 0 aliphatic carbocycles. The molecular formula is C19H22N6O5S2. The lowest BCUT2D eigenvalue weighted by atomic mass is 10.3. The molecule has 0 aliphatic heterocycles. The SMILES string of the molecule is Cc1oc([C@H](C)N)nc1C(=O)N[C@@H](C)c1nc(C(=O)N[C@H](C)c2nc(C(=O)O)cs2)cs1. The molecule has 0 aromatic carbocycles. The van der Waals surface area contributed by atoms with Crippen LogP contribution in [0.4, 0.5) is 0 Å². The van der Waals surface area contributed by atoms with Crippen molar-refractivity contribution in [3.63, 3.8) is 0 Å². The molecular weight excluding hydrogens is 456 g/mol. The molecule has 0 spiro atoms. The minimum absolute atomic E-state index is 0.0676. The third-order valence-electron chi connectivity index (χ3n) is 4.35. The highest BCUT2D eigenvalue weighted by Gasteiger charge is 2.23. The second kappa shape index (κ2) is 9.54. The first-order chi connectivity index (χ1) is 15.1. The number of aromatic nitrogens is 3. The zero-order chi connectivity index (χ0) is 23.6. The van der Waals surface area contributed by atoms with E-state index in [2.05, 4.69) is 25.6 Å². The lowest BCUT2D eigenvalue weighted by Crippen LogP contribution is -2.28. The van der Waals surface area contributed by atoms with Crippen LogP contribution in [0, 0.1) is 6.92 Å². The smallest absolute Gasteiger partial charge is 0.355 e. The highest BCUT2D eigenvalue weighted by Crippen LogP contribution is 2.22. The van der Waals surface area contributed by atoms with Gasteiger partial charge in [0.1, 0.15) is 21.5 Å². The Morgan fingerprint density at radius 2 is 1.50 bits per heavy atom. The summed E-state index contributed by atoms with van der Waals surface area (Å²) in [6.07, 6.45) is 0. The Balaban J connectivity index is 1.63. The van der Waals surface area contributed by atoms with Crippen LogP contribution in [0.3, 0.4) is 0 Å². The van der Waals surface area contributed by atoms with Crippen molar-refractivity contribution >= 4 is 40.5 Å². The fourth-order valence-electron chi connectivity index (χ4n) is 2.66. The Morgan fingerprint density at radius 3 is 2.00 bits per heavy atom. The second-order valence-corrected chi connectivity index (χ2v) is 8.86. The number of oxazole rings is 1. The molecule has 13 heteroatoms. The van der Waals surface area contributed by atoms with Gasteiger partial charge in [-0.05, 0) is 27.7 Å². The third-order valence-corrected chi connectivity index (χ3v) is 6.40. The fraction of sp³-hybridized carbons (Fsp3) is 0.368. The maximum absolute atomic E-state index is 12.6. The van der Waals surface area contributed by atoms with Crippen molar-refractivity contribution in [1.29, 1.82) is 0 Å². The van der Waals surface area contributed by atoms with Gasteiger partial charge in [0.05, 0.1) is 18.1 Å². The van der Waals surface area contributed by atoms with E-state index in [0.29, 0.717) is 15.8 Å². The van der Waals surface area contributed by atoms with E-state index in [1.807, 2.05) is 0 Å². The van der Waals surface area contributed by atoms with Gasteiger partial charge in [-0.25, -0.2) is 19.7 Å². The first-order valence-corrected chi connectivity index (χ1v) is 11.3. The molecule has 3 aromatic rings. The number of aryl methyl sites for hydroxylation is 1. The third kappa shape index (κ3) is 5.18. The molecule has 11 nitrogen and oxygen atoms in total.